The van der Waals surface area contributed by atoms with Gasteiger partial charge in [0.15, 0.2) is 10.8 Å². The second kappa shape index (κ2) is 5.90. The van der Waals surface area contributed by atoms with Crippen molar-refractivity contribution >= 4 is 35.0 Å². The Hall–Kier alpha value is -1.80. The van der Waals surface area contributed by atoms with Crippen LogP contribution in [0.3, 0.4) is 0 Å². The molecule has 1 atom stereocenters. The van der Waals surface area contributed by atoms with Crippen LogP contribution in [-0.4, -0.2) is 44.5 Å². The highest BCUT2D eigenvalue weighted by atomic mass is 32.2. The van der Waals surface area contributed by atoms with Crippen LogP contribution in [0, 0.1) is 0 Å². The molecule has 0 saturated carbocycles. The average molecular weight is 324 g/mol. The standard InChI is InChI=1S/C13H12N2O4S2/c16-11(15-7-20-6-9(15)13(17)18)4-8-5-21-12(14-8)10-2-1-3-19-10/h1-3,5,9H,4,6-7H2,(H,17,18)/t9-/m0/s1. The second-order valence-corrected chi connectivity index (χ2v) is 6.37. The van der Waals surface area contributed by atoms with Crippen LogP contribution in [0.5, 0.6) is 0 Å². The van der Waals surface area contributed by atoms with E-state index >= 15 is 0 Å². The zero-order chi connectivity index (χ0) is 14.8. The minimum absolute atomic E-state index is 0.113. The number of thiazole rings is 1. The van der Waals surface area contributed by atoms with Gasteiger partial charge in [0.05, 0.1) is 24.3 Å². The second-order valence-electron chi connectivity index (χ2n) is 4.52. The van der Waals surface area contributed by atoms with Crippen molar-refractivity contribution in [1.82, 2.24) is 9.88 Å². The Kier molecular flexibility index (Phi) is 3.98. The molecule has 0 aliphatic carbocycles. The van der Waals surface area contributed by atoms with Crippen molar-refractivity contribution < 1.29 is 19.1 Å². The number of carboxylic acid groups (broad SMARTS) is 1. The summed E-state index contributed by atoms with van der Waals surface area (Å²) in [5.74, 6) is 0.367. The quantitative estimate of drug-likeness (QED) is 0.925. The largest absolute Gasteiger partial charge is 0.480 e. The normalized spacial score (nSPS) is 18.1. The summed E-state index contributed by atoms with van der Waals surface area (Å²) >= 11 is 2.85. The lowest BCUT2D eigenvalue weighted by atomic mass is 10.2. The van der Waals surface area contributed by atoms with Crippen LogP contribution in [0.15, 0.2) is 28.2 Å². The number of amides is 1. The SMILES string of the molecule is O=C(O)[C@@H]1CSCN1C(=O)Cc1csc(-c2ccco2)n1. The van der Waals surface area contributed by atoms with Gasteiger partial charge in [0.1, 0.15) is 6.04 Å². The van der Waals surface area contributed by atoms with Crippen LogP contribution in [0.2, 0.25) is 0 Å². The molecule has 1 amide bonds. The minimum Gasteiger partial charge on any atom is -0.480 e. The Morgan fingerprint density at radius 1 is 1.52 bits per heavy atom. The van der Waals surface area contributed by atoms with Gasteiger partial charge in [-0.3, -0.25) is 4.79 Å². The Bertz CT molecular complexity index is 653. The van der Waals surface area contributed by atoms with Gasteiger partial charge in [-0.2, -0.15) is 0 Å². The molecular formula is C13H12N2O4S2. The summed E-state index contributed by atoms with van der Waals surface area (Å²) in [6, 6.07) is 2.85. The van der Waals surface area contributed by atoms with Gasteiger partial charge in [-0.15, -0.1) is 23.1 Å². The number of hydrogen-bond acceptors (Lipinski definition) is 6. The van der Waals surface area contributed by atoms with Crippen molar-refractivity contribution in [2.75, 3.05) is 11.6 Å². The molecule has 3 heterocycles. The number of aliphatic carboxylic acids is 1. The smallest absolute Gasteiger partial charge is 0.327 e. The molecule has 0 radical (unpaired) electrons. The first kappa shape index (κ1) is 14.2. The molecule has 1 saturated heterocycles. The van der Waals surface area contributed by atoms with E-state index in [2.05, 4.69) is 4.98 Å². The summed E-state index contributed by atoms with van der Waals surface area (Å²) in [6.07, 6.45) is 1.68. The molecule has 0 aromatic carbocycles. The molecule has 1 aliphatic heterocycles. The first-order chi connectivity index (χ1) is 10.1. The van der Waals surface area contributed by atoms with Gasteiger partial charge in [-0.05, 0) is 12.1 Å². The molecule has 2 aromatic heterocycles. The van der Waals surface area contributed by atoms with Crippen LogP contribution >= 0.6 is 23.1 Å². The Morgan fingerprint density at radius 3 is 3.10 bits per heavy atom. The Balaban J connectivity index is 1.69. The van der Waals surface area contributed by atoms with Crippen molar-refractivity contribution in [3.63, 3.8) is 0 Å². The fourth-order valence-electron chi connectivity index (χ4n) is 2.05. The third-order valence-corrected chi connectivity index (χ3v) is 5.02. The predicted molar refractivity (Wildman–Crippen MR) is 79.1 cm³/mol. The van der Waals surface area contributed by atoms with Crippen LogP contribution in [0.1, 0.15) is 5.69 Å². The maximum atomic E-state index is 12.2. The van der Waals surface area contributed by atoms with Crippen molar-refractivity contribution in [3.05, 3.63) is 29.5 Å². The minimum atomic E-state index is -0.956. The van der Waals surface area contributed by atoms with Crippen LogP contribution in [0.25, 0.3) is 10.8 Å². The average Bonchev–Trinajstić information content (AvgIpc) is 3.19. The third-order valence-electron chi connectivity index (χ3n) is 3.10. The van der Waals surface area contributed by atoms with Crippen LogP contribution < -0.4 is 0 Å². The monoisotopic (exact) mass is 324 g/mol. The molecule has 2 aromatic rings. The summed E-state index contributed by atoms with van der Waals surface area (Å²) < 4.78 is 5.26. The number of hydrogen-bond donors (Lipinski definition) is 1. The maximum Gasteiger partial charge on any atom is 0.327 e. The molecule has 6 nitrogen and oxygen atoms in total. The number of nitrogens with zero attached hydrogens (tertiary/aromatic N) is 2. The summed E-state index contributed by atoms with van der Waals surface area (Å²) in [4.78, 5) is 29.1. The number of furan rings is 1. The first-order valence-corrected chi connectivity index (χ1v) is 8.27. The van der Waals surface area contributed by atoms with Gasteiger partial charge in [-0.1, -0.05) is 0 Å². The Labute approximate surface area is 128 Å². The maximum absolute atomic E-state index is 12.2. The fraction of sp³-hybridized carbons (Fsp3) is 0.308. The molecule has 0 unspecified atom stereocenters. The summed E-state index contributed by atoms with van der Waals surface area (Å²) in [7, 11) is 0. The van der Waals surface area contributed by atoms with E-state index in [1.165, 1.54) is 28.0 Å². The lowest BCUT2D eigenvalue weighted by Crippen LogP contribution is -2.42. The van der Waals surface area contributed by atoms with Gasteiger partial charge >= 0.3 is 5.97 Å². The molecule has 1 fully saturated rings. The zero-order valence-electron chi connectivity index (χ0n) is 10.9. The molecule has 0 spiro atoms. The van der Waals surface area contributed by atoms with E-state index in [1.807, 2.05) is 6.07 Å². The molecule has 110 valence electrons. The van der Waals surface area contributed by atoms with Crippen molar-refractivity contribution in [1.29, 1.82) is 0 Å². The highest BCUT2D eigenvalue weighted by Crippen LogP contribution is 2.26. The van der Waals surface area contributed by atoms with Gasteiger partial charge in [0.25, 0.3) is 0 Å². The van der Waals surface area contributed by atoms with Gasteiger partial charge < -0.3 is 14.4 Å². The molecule has 21 heavy (non-hydrogen) atoms. The number of rotatable bonds is 4. The van der Waals surface area contributed by atoms with E-state index in [9.17, 15) is 9.59 Å². The highest BCUT2D eigenvalue weighted by molar-refractivity contribution is 7.99. The molecule has 0 bridgehead atoms. The zero-order valence-corrected chi connectivity index (χ0v) is 12.5. The summed E-state index contributed by atoms with van der Waals surface area (Å²) in [5.41, 5.74) is 0.637. The fourth-order valence-corrected chi connectivity index (χ4v) is 4.01. The molecular weight excluding hydrogens is 312 g/mol. The van der Waals surface area contributed by atoms with Crippen molar-refractivity contribution in [3.8, 4) is 10.8 Å². The van der Waals surface area contributed by atoms with Gasteiger partial charge in [0.2, 0.25) is 5.91 Å². The van der Waals surface area contributed by atoms with E-state index in [4.69, 9.17) is 9.52 Å². The number of carbonyl (C=O) groups excluding carboxylic acids is 1. The van der Waals surface area contributed by atoms with E-state index in [0.717, 1.165) is 0 Å². The topological polar surface area (TPSA) is 83.6 Å². The third kappa shape index (κ3) is 2.96. The van der Waals surface area contributed by atoms with Crippen LogP contribution in [-0.2, 0) is 16.0 Å². The first-order valence-electron chi connectivity index (χ1n) is 6.23. The lowest BCUT2D eigenvalue weighted by Gasteiger charge is -2.19. The number of aromatic nitrogens is 1. The number of carbonyl (C=O) groups is 2. The van der Waals surface area contributed by atoms with E-state index < -0.39 is 12.0 Å². The summed E-state index contributed by atoms with van der Waals surface area (Å²) in [5, 5.41) is 11.6. The molecule has 3 rings (SSSR count). The Morgan fingerprint density at radius 2 is 2.38 bits per heavy atom. The summed E-state index contributed by atoms with van der Waals surface area (Å²) in [6.45, 7) is 0. The highest BCUT2D eigenvalue weighted by Gasteiger charge is 2.34. The molecule has 8 heteroatoms. The lowest BCUT2D eigenvalue weighted by molar-refractivity contribution is -0.147. The number of thioether (sulfide) groups is 1. The van der Waals surface area contributed by atoms with Gasteiger partial charge in [-0.25, -0.2) is 9.78 Å². The van der Waals surface area contributed by atoms with Crippen molar-refractivity contribution in [2.45, 2.75) is 12.5 Å². The predicted octanol–water partition coefficient (Wildman–Crippen LogP) is 1.93. The van der Waals surface area contributed by atoms with E-state index in [-0.39, 0.29) is 12.3 Å². The number of carboxylic acids is 1. The van der Waals surface area contributed by atoms with E-state index in [0.29, 0.717) is 28.1 Å². The van der Waals surface area contributed by atoms with Crippen LogP contribution in [0.4, 0.5) is 0 Å². The van der Waals surface area contributed by atoms with E-state index in [1.54, 1.807) is 17.7 Å². The molecule has 1 N–H and O–H groups in total. The van der Waals surface area contributed by atoms with Crippen molar-refractivity contribution in [2.24, 2.45) is 0 Å². The molecule has 1 aliphatic rings. The van der Waals surface area contributed by atoms with Gasteiger partial charge in [0, 0.05) is 11.1 Å².